The second-order valence-corrected chi connectivity index (χ2v) is 7.25. The molecule has 0 aliphatic carbocycles. The molecule has 0 fully saturated rings. The van der Waals surface area contributed by atoms with Crippen molar-refractivity contribution in [3.63, 3.8) is 0 Å². The number of ether oxygens (including phenoxy) is 2. The summed E-state index contributed by atoms with van der Waals surface area (Å²) in [5.41, 5.74) is 0.485. The van der Waals surface area contributed by atoms with Gasteiger partial charge in [-0.05, 0) is 62.7 Å². The van der Waals surface area contributed by atoms with Gasteiger partial charge in [-0.15, -0.1) is 0 Å². The summed E-state index contributed by atoms with van der Waals surface area (Å²) in [6.07, 6.45) is 0.104. The first kappa shape index (κ1) is 20.7. The summed E-state index contributed by atoms with van der Waals surface area (Å²) in [4.78, 5) is 22.8. The van der Waals surface area contributed by atoms with Gasteiger partial charge in [-0.3, -0.25) is 4.79 Å². The molecule has 7 heteroatoms. The van der Waals surface area contributed by atoms with Gasteiger partial charge in [0.2, 0.25) is 0 Å². The van der Waals surface area contributed by atoms with E-state index in [2.05, 4.69) is 5.32 Å². The average Bonchev–Trinajstić information content (AvgIpc) is 2.59. The summed E-state index contributed by atoms with van der Waals surface area (Å²) >= 11 is 5.94. The molecule has 0 aliphatic rings. The molecule has 5 nitrogen and oxygen atoms in total. The van der Waals surface area contributed by atoms with Crippen molar-refractivity contribution in [2.24, 2.45) is 0 Å². The molecule has 0 atom stereocenters. The highest BCUT2D eigenvalue weighted by atomic mass is 35.5. The van der Waals surface area contributed by atoms with Crippen LogP contribution < -0.4 is 10.1 Å². The van der Waals surface area contributed by atoms with Gasteiger partial charge in [-0.1, -0.05) is 11.6 Å². The van der Waals surface area contributed by atoms with Crippen molar-refractivity contribution in [2.45, 2.75) is 26.4 Å². The number of nitrogens with one attached hydrogen (secondary N) is 1. The van der Waals surface area contributed by atoms with Crippen molar-refractivity contribution in [2.75, 3.05) is 13.2 Å². The van der Waals surface area contributed by atoms with Crippen molar-refractivity contribution >= 4 is 24.0 Å². The van der Waals surface area contributed by atoms with Crippen LogP contribution in [0.25, 0.3) is 11.1 Å². The number of aldehydes is 1. The lowest BCUT2D eigenvalue weighted by atomic mass is 10.0. The van der Waals surface area contributed by atoms with Gasteiger partial charge in [0, 0.05) is 16.1 Å². The molecule has 0 saturated carbocycles. The average molecular weight is 394 g/mol. The molecule has 0 unspecified atom stereocenters. The number of carbonyl (C=O) groups excluding carboxylic acids is 2. The zero-order valence-electron chi connectivity index (χ0n) is 15.3. The van der Waals surface area contributed by atoms with Crippen LogP contribution in [0.15, 0.2) is 36.4 Å². The molecule has 0 spiro atoms. The Balaban J connectivity index is 2.06. The standard InChI is InChI=1S/C20H21ClFNO4/c1-20(2,3)27-19(25)23-6-7-26-16-9-13(12-24)8-14(10-16)17-11-15(21)4-5-18(17)22/h4-5,8-12H,6-7H2,1-3H3,(H,23,25). The topological polar surface area (TPSA) is 64.6 Å². The Morgan fingerprint density at radius 2 is 1.96 bits per heavy atom. The molecule has 2 aromatic carbocycles. The first-order valence-corrected chi connectivity index (χ1v) is 8.71. The van der Waals surface area contributed by atoms with E-state index in [9.17, 15) is 14.0 Å². The van der Waals surface area contributed by atoms with E-state index >= 15 is 0 Å². The van der Waals surface area contributed by atoms with Crippen LogP contribution in [0.3, 0.4) is 0 Å². The minimum Gasteiger partial charge on any atom is -0.492 e. The molecule has 0 bridgehead atoms. The van der Waals surface area contributed by atoms with Crippen LogP contribution in [-0.4, -0.2) is 31.1 Å². The molecule has 1 amide bonds. The molecule has 2 rings (SSSR count). The van der Waals surface area contributed by atoms with Crippen LogP contribution in [0.4, 0.5) is 9.18 Å². The van der Waals surface area contributed by atoms with Crippen molar-refractivity contribution in [3.8, 4) is 16.9 Å². The maximum atomic E-state index is 14.1. The van der Waals surface area contributed by atoms with E-state index in [1.807, 2.05) is 0 Å². The number of benzene rings is 2. The fourth-order valence-electron chi connectivity index (χ4n) is 2.28. The van der Waals surface area contributed by atoms with Crippen LogP contribution in [-0.2, 0) is 4.74 Å². The van der Waals surface area contributed by atoms with Crippen molar-refractivity contribution in [1.82, 2.24) is 5.32 Å². The first-order chi connectivity index (χ1) is 12.7. The van der Waals surface area contributed by atoms with Gasteiger partial charge in [0.05, 0.1) is 6.54 Å². The number of halogens is 2. The van der Waals surface area contributed by atoms with Gasteiger partial charge >= 0.3 is 6.09 Å². The summed E-state index contributed by atoms with van der Waals surface area (Å²) in [6.45, 7) is 5.67. The molecular formula is C20H21ClFNO4. The molecular weight excluding hydrogens is 373 g/mol. The molecule has 144 valence electrons. The molecule has 0 radical (unpaired) electrons. The number of hydrogen-bond donors (Lipinski definition) is 1. The van der Waals surface area contributed by atoms with Crippen molar-refractivity contribution < 1.29 is 23.5 Å². The molecule has 1 N–H and O–H groups in total. The Morgan fingerprint density at radius 1 is 1.22 bits per heavy atom. The minimum atomic E-state index is -0.584. The minimum absolute atomic E-state index is 0.152. The lowest BCUT2D eigenvalue weighted by molar-refractivity contribution is 0.0520. The molecule has 0 saturated heterocycles. The van der Waals surface area contributed by atoms with Gasteiger partial charge in [-0.2, -0.15) is 0 Å². The highest BCUT2D eigenvalue weighted by Gasteiger charge is 2.15. The molecule has 27 heavy (non-hydrogen) atoms. The van der Waals surface area contributed by atoms with Crippen LogP contribution in [0.1, 0.15) is 31.1 Å². The highest BCUT2D eigenvalue weighted by Crippen LogP contribution is 2.30. The summed E-state index contributed by atoms with van der Waals surface area (Å²) < 4.78 is 24.8. The quantitative estimate of drug-likeness (QED) is 0.562. The van der Waals surface area contributed by atoms with Gasteiger partial charge in [0.1, 0.15) is 30.1 Å². The maximum Gasteiger partial charge on any atom is 0.407 e. The molecule has 0 aromatic heterocycles. The van der Waals surface area contributed by atoms with E-state index in [0.717, 1.165) is 0 Å². The Hall–Kier alpha value is -2.60. The second kappa shape index (κ2) is 8.86. The molecule has 0 aliphatic heterocycles. The van der Waals surface area contributed by atoms with E-state index in [-0.39, 0.29) is 18.7 Å². The summed E-state index contributed by atoms with van der Waals surface area (Å²) in [6, 6.07) is 8.88. The predicted molar refractivity (Wildman–Crippen MR) is 102 cm³/mol. The van der Waals surface area contributed by atoms with E-state index < -0.39 is 17.5 Å². The van der Waals surface area contributed by atoms with E-state index in [4.69, 9.17) is 21.1 Å². The Kier molecular flexibility index (Phi) is 6.80. The van der Waals surface area contributed by atoms with Crippen LogP contribution in [0, 0.1) is 5.82 Å². The van der Waals surface area contributed by atoms with E-state index in [1.165, 1.54) is 24.3 Å². The molecule has 0 heterocycles. The zero-order valence-corrected chi connectivity index (χ0v) is 16.1. The SMILES string of the molecule is CC(C)(C)OC(=O)NCCOc1cc(C=O)cc(-c2cc(Cl)ccc2F)c1. The lowest BCUT2D eigenvalue weighted by Crippen LogP contribution is -2.34. The van der Waals surface area contributed by atoms with Gasteiger partial charge < -0.3 is 14.8 Å². The predicted octanol–water partition coefficient (Wildman–Crippen LogP) is 4.86. The van der Waals surface area contributed by atoms with E-state index in [1.54, 1.807) is 32.9 Å². The van der Waals surface area contributed by atoms with Gasteiger partial charge in [0.25, 0.3) is 0 Å². The highest BCUT2D eigenvalue weighted by molar-refractivity contribution is 6.30. The van der Waals surface area contributed by atoms with Crippen molar-refractivity contribution in [1.29, 1.82) is 0 Å². The normalized spacial score (nSPS) is 11.0. The molecule has 2 aromatic rings. The number of hydrogen-bond acceptors (Lipinski definition) is 4. The number of alkyl carbamates (subject to hydrolysis) is 1. The van der Waals surface area contributed by atoms with Gasteiger partial charge in [-0.25, -0.2) is 9.18 Å². The summed E-state index contributed by atoms with van der Waals surface area (Å²) in [5.74, 6) is -0.0834. The number of amides is 1. The largest absolute Gasteiger partial charge is 0.492 e. The number of rotatable bonds is 6. The zero-order chi connectivity index (χ0) is 20.0. The van der Waals surface area contributed by atoms with Crippen LogP contribution in [0.5, 0.6) is 5.75 Å². The maximum absolute atomic E-state index is 14.1. The van der Waals surface area contributed by atoms with Gasteiger partial charge in [0.15, 0.2) is 0 Å². The van der Waals surface area contributed by atoms with Crippen LogP contribution in [0.2, 0.25) is 5.02 Å². The second-order valence-electron chi connectivity index (χ2n) is 6.81. The van der Waals surface area contributed by atoms with Crippen LogP contribution >= 0.6 is 11.6 Å². The summed E-state index contributed by atoms with van der Waals surface area (Å²) in [7, 11) is 0. The number of carbonyl (C=O) groups is 2. The third-order valence-corrected chi connectivity index (χ3v) is 3.58. The monoisotopic (exact) mass is 393 g/mol. The Morgan fingerprint density at radius 3 is 2.63 bits per heavy atom. The first-order valence-electron chi connectivity index (χ1n) is 8.33. The third-order valence-electron chi connectivity index (χ3n) is 3.34. The summed E-state index contributed by atoms with van der Waals surface area (Å²) in [5, 5.41) is 2.95. The lowest BCUT2D eigenvalue weighted by Gasteiger charge is -2.19. The smallest absolute Gasteiger partial charge is 0.407 e. The Bertz CT molecular complexity index is 833. The van der Waals surface area contributed by atoms with Crippen molar-refractivity contribution in [3.05, 3.63) is 52.8 Å². The fraction of sp³-hybridized carbons (Fsp3) is 0.300. The third kappa shape index (κ3) is 6.57. The fourth-order valence-corrected chi connectivity index (χ4v) is 2.46. The Labute approximate surface area is 162 Å². The van der Waals surface area contributed by atoms with E-state index in [0.29, 0.717) is 28.2 Å².